The van der Waals surface area contributed by atoms with Crippen LogP contribution in [0.5, 0.6) is 0 Å². The summed E-state index contributed by atoms with van der Waals surface area (Å²) in [6.07, 6.45) is 1.76. The average molecular weight is 453 g/mol. The van der Waals surface area contributed by atoms with Crippen LogP contribution in [0.15, 0.2) is 39.7 Å². The summed E-state index contributed by atoms with van der Waals surface area (Å²) >= 11 is 3.45. The van der Waals surface area contributed by atoms with Crippen molar-refractivity contribution in [1.29, 1.82) is 0 Å². The normalized spacial score (nSPS) is 21.3. The van der Waals surface area contributed by atoms with Gasteiger partial charge in [-0.3, -0.25) is 4.79 Å². The van der Waals surface area contributed by atoms with Crippen LogP contribution in [0.2, 0.25) is 0 Å². The highest BCUT2D eigenvalue weighted by Crippen LogP contribution is 2.38. The lowest BCUT2D eigenvalue weighted by molar-refractivity contribution is -0.122. The number of nitrogens with two attached hydrogens (primary N) is 1. The van der Waals surface area contributed by atoms with E-state index in [2.05, 4.69) is 15.9 Å². The number of nitrogens with zero attached hydrogens (tertiary/aromatic N) is 1. The van der Waals surface area contributed by atoms with E-state index in [-0.39, 0.29) is 17.9 Å². The Kier molecular flexibility index (Phi) is 4.40. The van der Waals surface area contributed by atoms with Gasteiger partial charge in [-0.1, -0.05) is 22.0 Å². The Morgan fingerprint density at radius 3 is 2.56 bits per heavy atom. The predicted octanol–water partition coefficient (Wildman–Crippen LogP) is 2.93. The molecule has 0 unspecified atom stereocenters. The van der Waals surface area contributed by atoms with E-state index < -0.39 is 20.7 Å². The molecule has 0 fully saturated rings. The zero-order chi connectivity index (χ0) is 19.5. The van der Waals surface area contributed by atoms with Crippen LogP contribution in [0.4, 0.5) is 10.1 Å². The van der Waals surface area contributed by atoms with Crippen molar-refractivity contribution in [3.05, 3.63) is 57.3 Å². The third-order valence-electron chi connectivity index (χ3n) is 5.34. The minimum atomic E-state index is -4.21. The Morgan fingerprint density at radius 1 is 1.15 bits per heavy atom. The Morgan fingerprint density at radius 2 is 1.85 bits per heavy atom. The predicted molar refractivity (Wildman–Crippen MR) is 103 cm³/mol. The van der Waals surface area contributed by atoms with Gasteiger partial charge in [0.25, 0.3) is 0 Å². The first-order chi connectivity index (χ1) is 12.6. The monoisotopic (exact) mass is 452 g/mol. The van der Waals surface area contributed by atoms with Gasteiger partial charge >= 0.3 is 0 Å². The quantitative estimate of drug-likeness (QED) is 0.760. The highest BCUT2D eigenvalue weighted by atomic mass is 79.9. The lowest BCUT2D eigenvalue weighted by Crippen LogP contribution is -2.40. The fourth-order valence-electron chi connectivity index (χ4n) is 4.13. The van der Waals surface area contributed by atoms with Crippen LogP contribution >= 0.6 is 15.9 Å². The maximum Gasteiger partial charge on any atom is 0.241 e. The van der Waals surface area contributed by atoms with Gasteiger partial charge in [0.05, 0.1) is 0 Å². The van der Waals surface area contributed by atoms with E-state index in [9.17, 15) is 17.6 Å². The number of carbonyl (C=O) groups is 1. The second kappa shape index (κ2) is 6.39. The molecule has 27 heavy (non-hydrogen) atoms. The average Bonchev–Trinajstić information content (AvgIpc) is 3.11. The largest absolute Gasteiger partial charge is 0.309 e. The van der Waals surface area contributed by atoms with Gasteiger partial charge < -0.3 is 4.90 Å². The summed E-state index contributed by atoms with van der Waals surface area (Å²) in [7, 11) is -4.21. The van der Waals surface area contributed by atoms with Gasteiger partial charge in [0.2, 0.25) is 15.9 Å². The molecule has 0 saturated carbocycles. The zero-order valence-electron chi connectivity index (χ0n) is 14.6. The third kappa shape index (κ3) is 3.19. The number of halogens is 2. The summed E-state index contributed by atoms with van der Waals surface area (Å²) in [4.78, 5) is 14.3. The topological polar surface area (TPSA) is 80.5 Å². The molecule has 1 heterocycles. The molecule has 0 aromatic heterocycles. The lowest BCUT2D eigenvalue weighted by atomic mass is 10.0. The summed E-state index contributed by atoms with van der Waals surface area (Å²) in [5.74, 6) is -1.16. The Balaban J connectivity index is 1.69. The summed E-state index contributed by atoms with van der Waals surface area (Å²) in [5, 5.41) is 5.13. The van der Waals surface area contributed by atoms with E-state index >= 15 is 0 Å². The van der Waals surface area contributed by atoms with E-state index in [0.717, 1.165) is 15.6 Å². The highest BCUT2D eigenvalue weighted by Gasteiger charge is 2.38. The lowest BCUT2D eigenvalue weighted by Gasteiger charge is -2.26. The van der Waals surface area contributed by atoms with Gasteiger partial charge in [0, 0.05) is 22.1 Å². The molecule has 0 spiro atoms. The fraction of sp³-hybridized carbons (Fsp3) is 0.316. The standard InChI is InChI=1S/C19H18BrFN2O3S/c1-10-4-13-8-16(21)18(27(22,25)26)9-17(13)23(10)19(24)14-5-11-2-3-15(20)7-12(11)6-14/h2-3,7-10,14H,4-6H2,1H3,(H2,22,25,26)/t10-,14-/m1/s1. The summed E-state index contributed by atoms with van der Waals surface area (Å²) in [5.41, 5.74) is 3.35. The van der Waals surface area contributed by atoms with Crippen LogP contribution in [0.25, 0.3) is 0 Å². The third-order valence-corrected chi connectivity index (χ3v) is 6.76. The van der Waals surface area contributed by atoms with Crippen molar-refractivity contribution in [2.24, 2.45) is 11.1 Å². The van der Waals surface area contributed by atoms with Crippen LogP contribution in [-0.4, -0.2) is 20.4 Å². The molecule has 0 radical (unpaired) electrons. The number of sulfonamides is 1. The number of benzene rings is 2. The SMILES string of the molecule is C[C@@H]1Cc2cc(F)c(S(N)(=O)=O)cc2N1C(=O)[C@@H]1Cc2ccc(Br)cc2C1. The second-order valence-corrected chi connectivity index (χ2v) is 9.68. The summed E-state index contributed by atoms with van der Waals surface area (Å²) < 4.78 is 38.5. The van der Waals surface area contributed by atoms with Crippen LogP contribution in [0, 0.1) is 11.7 Å². The molecule has 0 bridgehead atoms. The number of fused-ring (bicyclic) bond motifs is 2. The van der Waals surface area contributed by atoms with E-state index in [4.69, 9.17) is 5.14 Å². The smallest absolute Gasteiger partial charge is 0.241 e. The molecule has 4 rings (SSSR count). The highest BCUT2D eigenvalue weighted by molar-refractivity contribution is 9.10. The number of rotatable bonds is 2. The van der Waals surface area contributed by atoms with Gasteiger partial charge in [-0.15, -0.1) is 0 Å². The molecule has 142 valence electrons. The molecule has 1 aliphatic heterocycles. The molecule has 8 heteroatoms. The first kappa shape index (κ1) is 18.6. The molecule has 2 aromatic rings. The van der Waals surface area contributed by atoms with Gasteiger partial charge in [-0.05, 0) is 67.1 Å². The van der Waals surface area contributed by atoms with E-state index in [1.54, 1.807) is 4.90 Å². The second-order valence-electron chi connectivity index (χ2n) is 7.24. The molecule has 2 aliphatic rings. The fourth-order valence-corrected chi connectivity index (χ4v) is 5.15. The number of carbonyl (C=O) groups excluding carboxylic acids is 1. The number of primary sulfonamides is 1. The minimum Gasteiger partial charge on any atom is -0.309 e. The van der Waals surface area contributed by atoms with Crippen LogP contribution < -0.4 is 10.0 Å². The van der Waals surface area contributed by atoms with Crippen molar-refractivity contribution in [2.45, 2.75) is 37.1 Å². The molecule has 2 N–H and O–H groups in total. The summed E-state index contributed by atoms with van der Waals surface area (Å²) in [6, 6.07) is 8.21. The number of anilines is 1. The minimum absolute atomic E-state index is 0.0689. The molecule has 2 atom stereocenters. The number of hydrogen-bond acceptors (Lipinski definition) is 3. The molecule has 1 aliphatic carbocycles. The van der Waals surface area contributed by atoms with E-state index in [1.807, 2.05) is 25.1 Å². The van der Waals surface area contributed by atoms with Crippen molar-refractivity contribution in [2.75, 3.05) is 4.90 Å². The van der Waals surface area contributed by atoms with Crippen molar-refractivity contribution in [3.8, 4) is 0 Å². The van der Waals surface area contributed by atoms with Crippen molar-refractivity contribution in [1.82, 2.24) is 0 Å². The molecule has 2 aromatic carbocycles. The van der Waals surface area contributed by atoms with Gasteiger partial charge in [-0.2, -0.15) is 0 Å². The van der Waals surface area contributed by atoms with Crippen LogP contribution in [0.3, 0.4) is 0 Å². The van der Waals surface area contributed by atoms with Crippen molar-refractivity contribution >= 4 is 37.5 Å². The Hall–Kier alpha value is -1.77. The van der Waals surface area contributed by atoms with Crippen molar-refractivity contribution < 1.29 is 17.6 Å². The van der Waals surface area contributed by atoms with Crippen LogP contribution in [0.1, 0.15) is 23.6 Å². The molecule has 5 nitrogen and oxygen atoms in total. The Labute approximate surface area is 165 Å². The first-order valence-corrected chi connectivity index (χ1v) is 10.9. The molecule has 1 amide bonds. The first-order valence-electron chi connectivity index (χ1n) is 8.60. The number of amides is 1. The number of hydrogen-bond donors (Lipinski definition) is 1. The Bertz CT molecular complexity index is 1070. The van der Waals surface area contributed by atoms with Gasteiger partial charge in [0.1, 0.15) is 10.7 Å². The van der Waals surface area contributed by atoms with Gasteiger partial charge in [-0.25, -0.2) is 17.9 Å². The maximum absolute atomic E-state index is 14.1. The molecular weight excluding hydrogens is 435 g/mol. The molecule has 0 saturated heterocycles. The van der Waals surface area contributed by atoms with E-state index in [1.165, 1.54) is 12.1 Å². The van der Waals surface area contributed by atoms with Gasteiger partial charge in [0.15, 0.2) is 0 Å². The van der Waals surface area contributed by atoms with E-state index in [0.29, 0.717) is 30.5 Å². The maximum atomic E-state index is 14.1. The molecular formula is C19H18BrFN2O3S. The zero-order valence-corrected chi connectivity index (χ0v) is 17.0. The van der Waals surface area contributed by atoms with Crippen molar-refractivity contribution in [3.63, 3.8) is 0 Å². The van der Waals surface area contributed by atoms with Crippen LogP contribution in [-0.2, 0) is 34.1 Å². The summed E-state index contributed by atoms with van der Waals surface area (Å²) in [6.45, 7) is 1.88.